The number of rotatable bonds is 4. The van der Waals surface area contributed by atoms with Crippen molar-refractivity contribution < 1.29 is 9.15 Å². The summed E-state index contributed by atoms with van der Waals surface area (Å²) in [6, 6.07) is 17.6. The summed E-state index contributed by atoms with van der Waals surface area (Å²) >= 11 is 0. The molecule has 0 N–H and O–H groups in total. The molecule has 2 unspecified atom stereocenters. The van der Waals surface area contributed by atoms with Crippen LogP contribution in [0.5, 0.6) is 0 Å². The highest BCUT2D eigenvalue weighted by molar-refractivity contribution is 5.72. The molecular formula is C21H24N2+2. The van der Waals surface area contributed by atoms with Gasteiger partial charge in [0.05, 0.1) is 18.3 Å². The third kappa shape index (κ3) is 2.52. The Morgan fingerprint density at radius 3 is 1.61 bits per heavy atom. The molecule has 2 heterocycles. The summed E-state index contributed by atoms with van der Waals surface area (Å²) in [4.78, 5) is 0. The molecule has 2 nitrogen and oxygen atoms in total. The first-order valence-corrected chi connectivity index (χ1v) is 8.65. The predicted octanol–water partition coefficient (Wildman–Crippen LogP) is 4.44. The zero-order valence-electron chi connectivity index (χ0n) is 13.9. The van der Waals surface area contributed by atoms with Crippen LogP contribution in [0.2, 0.25) is 0 Å². The molecule has 0 radical (unpaired) electrons. The first kappa shape index (κ1) is 14.4. The van der Waals surface area contributed by atoms with E-state index in [1.807, 2.05) is 0 Å². The summed E-state index contributed by atoms with van der Waals surface area (Å²) < 4.78 is 4.87. The maximum absolute atomic E-state index is 2.44. The number of fused-ring (bicyclic) bond motifs is 2. The molecule has 116 valence electrons. The van der Waals surface area contributed by atoms with Gasteiger partial charge in [-0.15, -0.1) is 0 Å². The predicted molar refractivity (Wildman–Crippen MR) is 96.0 cm³/mol. The number of nitrogens with zero attached hydrogens (tertiary/aromatic N) is 2. The molecule has 23 heavy (non-hydrogen) atoms. The largest absolute Gasteiger partial charge is 0.208 e. The third-order valence-corrected chi connectivity index (χ3v) is 5.08. The molecule has 2 atom stereocenters. The smallest absolute Gasteiger partial charge is 0.202 e. The highest BCUT2D eigenvalue weighted by Gasteiger charge is 2.29. The number of para-hydroxylation sites is 2. The Balaban J connectivity index is 1.44. The van der Waals surface area contributed by atoms with Crippen LogP contribution >= 0.6 is 0 Å². The Morgan fingerprint density at radius 1 is 0.696 bits per heavy atom. The normalized spacial score (nSPS) is 21.7. The van der Waals surface area contributed by atoms with Crippen molar-refractivity contribution in [3.05, 3.63) is 59.7 Å². The highest BCUT2D eigenvalue weighted by atomic mass is 15.1. The molecule has 4 rings (SSSR count). The van der Waals surface area contributed by atoms with Crippen LogP contribution < -0.4 is 0 Å². The Morgan fingerprint density at radius 2 is 1.13 bits per heavy atom. The highest BCUT2D eigenvalue weighted by Crippen LogP contribution is 2.32. The van der Waals surface area contributed by atoms with E-state index in [2.05, 4.69) is 84.0 Å². The van der Waals surface area contributed by atoms with E-state index in [1.165, 1.54) is 22.5 Å². The van der Waals surface area contributed by atoms with Crippen molar-refractivity contribution in [1.82, 2.24) is 0 Å². The summed E-state index contributed by atoms with van der Waals surface area (Å²) in [5, 5.41) is 0. The van der Waals surface area contributed by atoms with Crippen molar-refractivity contribution >= 4 is 23.8 Å². The number of benzene rings is 2. The van der Waals surface area contributed by atoms with Gasteiger partial charge in [-0.3, -0.25) is 0 Å². The third-order valence-electron chi connectivity index (χ3n) is 5.08. The van der Waals surface area contributed by atoms with Gasteiger partial charge in [0.25, 0.3) is 0 Å². The molecule has 0 saturated carbocycles. The lowest BCUT2D eigenvalue weighted by Gasteiger charge is -2.02. The van der Waals surface area contributed by atoms with Crippen LogP contribution in [0.4, 0.5) is 11.4 Å². The molecular weight excluding hydrogens is 280 g/mol. The SMILES string of the molecule is CC1C=[N+](CCC[N+]2=CC(C)c3ccccc32)c2ccccc21. The minimum absolute atomic E-state index is 0.533. The Hall–Kier alpha value is -2.22. The molecule has 2 heteroatoms. The average Bonchev–Trinajstić information content (AvgIpc) is 3.07. The Labute approximate surface area is 138 Å². The van der Waals surface area contributed by atoms with E-state index >= 15 is 0 Å². The Kier molecular flexibility index (Phi) is 3.60. The molecule has 0 aliphatic carbocycles. The second-order valence-corrected chi connectivity index (χ2v) is 6.73. The van der Waals surface area contributed by atoms with E-state index in [0.717, 1.165) is 19.5 Å². The topological polar surface area (TPSA) is 6.02 Å². The number of hydrogen-bond donors (Lipinski definition) is 0. The molecule has 0 fully saturated rings. The fourth-order valence-electron chi connectivity index (χ4n) is 3.93. The van der Waals surface area contributed by atoms with Gasteiger partial charge in [0.2, 0.25) is 11.4 Å². The molecule has 2 aliphatic rings. The molecule has 0 amide bonds. The van der Waals surface area contributed by atoms with Gasteiger partial charge in [0, 0.05) is 23.3 Å². The minimum Gasteiger partial charge on any atom is -0.202 e. The number of hydrogen-bond acceptors (Lipinski definition) is 0. The van der Waals surface area contributed by atoms with Gasteiger partial charge in [-0.05, 0) is 13.8 Å². The van der Waals surface area contributed by atoms with E-state index in [1.54, 1.807) is 0 Å². The van der Waals surface area contributed by atoms with E-state index in [9.17, 15) is 0 Å². The van der Waals surface area contributed by atoms with E-state index in [0.29, 0.717) is 11.8 Å². The Bertz CT molecular complexity index is 733. The van der Waals surface area contributed by atoms with Crippen LogP contribution in [0.15, 0.2) is 48.5 Å². The lowest BCUT2D eigenvalue weighted by molar-refractivity contribution is -0.465. The van der Waals surface area contributed by atoms with Gasteiger partial charge in [-0.25, -0.2) is 9.15 Å². The second kappa shape index (κ2) is 5.77. The van der Waals surface area contributed by atoms with Gasteiger partial charge < -0.3 is 0 Å². The quantitative estimate of drug-likeness (QED) is 0.737. The molecule has 0 bridgehead atoms. The van der Waals surface area contributed by atoms with Crippen molar-refractivity contribution in [2.75, 3.05) is 13.1 Å². The van der Waals surface area contributed by atoms with E-state index < -0.39 is 0 Å². The van der Waals surface area contributed by atoms with Crippen molar-refractivity contribution in [2.24, 2.45) is 0 Å². The standard InChI is InChI=1S/C21H24N2/c1-16-14-22(20-10-5-3-8-18(16)20)12-7-13-23-15-17(2)19-9-4-6-11-21(19)23/h3-6,8-11,14-17H,7,12-13H2,1-2H3/q+2. The first-order valence-electron chi connectivity index (χ1n) is 8.65. The molecule has 2 aromatic rings. The lowest BCUT2D eigenvalue weighted by Crippen LogP contribution is -2.13. The van der Waals surface area contributed by atoms with Crippen LogP contribution in [0.25, 0.3) is 0 Å². The summed E-state index contributed by atoms with van der Waals surface area (Å²) in [7, 11) is 0. The maximum Gasteiger partial charge on any atom is 0.208 e. The zero-order valence-corrected chi connectivity index (χ0v) is 13.9. The van der Waals surface area contributed by atoms with Gasteiger partial charge >= 0.3 is 0 Å². The summed E-state index contributed by atoms with van der Waals surface area (Å²) in [6.07, 6.45) is 5.90. The maximum atomic E-state index is 2.44. The molecule has 0 saturated heterocycles. The fourth-order valence-corrected chi connectivity index (χ4v) is 3.93. The van der Waals surface area contributed by atoms with Crippen molar-refractivity contribution in [3.63, 3.8) is 0 Å². The van der Waals surface area contributed by atoms with Crippen LogP contribution in [0.1, 0.15) is 43.2 Å². The van der Waals surface area contributed by atoms with Crippen LogP contribution in [-0.4, -0.2) is 34.7 Å². The average molecular weight is 304 g/mol. The van der Waals surface area contributed by atoms with Crippen molar-refractivity contribution in [2.45, 2.75) is 32.1 Å². The monoisotopic (exact) mass is 304 g/mol. The fraction of sp³-hybridized carbons (Fsp3) is 0.333. The molecule has 0 aromatic heterocycles. The van der Waals surface area contributed by atoms with Gasteiger partial charge in [0.15, 0.2) is 25.5 Å². The molecule has 0 spiro atoms. The summed E-state index contributed by atoms with van der Waals surface area (Å²) in [5.74, 6) is 1.07. The zero-order chi connectivity index (χ0) is 15.8. The van der Waals surface area contributed by atoms with Crippen LogP contribution in [0, 0.1) is 0 Å². The first-order chi connectivity index (χ1) is 11.2. The van der Waals surface area contributed by atoms with Crippen LogP contribution in [0.3, 0.4) is 0 Å². The minimum atomic E-state index is 0.533. The second-order valence-electron chi connectivity index (χ2n) is 6.73. The molecule has 2 aromatic carbocycles. The van der Waals surface area contributed by atoms with Gasteiger partial charge in [0.1, 0.15) is 0 Å². The molecule has 2 aliphatic heterocycles. The van der Waals surface area contributed by atoms with E-state index in [-0.39, 0.29) is 0 Å². The van der Waals surface area contributed by atoms with Crippen molar-refractivity contribution in [3.8, 4) is 0 Å². The summed E-state index contributed by atoms with van der Waals surface area (Å²) in [5.41, 5.74) is 5.69. The van der Waals surface area contributed by atoms with Gasteiger partial charge in [-0.1, -0.05) is 36.4 Å². The lowest BCUT2D eigenvalue weighted by atomic mass is 10.0. The van der Waals surface area contributed by atoms with Gasteiger partial charge in [-0.2, -0.15) is 0 Å². The van der Waals surface area contributed by atoms with E-state index in [4.69, 9.17) is 0 Å². The van der Waals surface area contributed by atoms with Crippen LogP contribution in [-0.2, 0) is 0 Å². The van der Waals surface area contributed by atoms with Crippen molar-refractivity contribution in [1.29, 1.82) is 0 Å². The summed E-state index contributed by atoms with van der Waals surface area (Å²) in [6.45, 7) is 6.74.